The van der Waals surface area contributed by atoms with E-state index >= 15 is 0 Å². The maximum atomic E-state index is 12.4. The molecule has 0 bridgehead atoms. The highest BCUT2D eigenvalue weighted by Crippen LogP contribution is 2.25. The van der Waals surface area contributed by atoms with Crippen LogP contribution >= 0.6 is 0 Å². The molecular formula is C18H27N4O6-. The molecule has 0 aliphatic carbocycles. The van der Waals surface area contributed by atoms with Crippen LogP contribution in [0.25, 0.3) is 0 Å². The smallest absolute Gasteiger partial charge is 0.340 e. The third-order valence-corrected chi connectivity index (χ3v) is 3.55. The second-order valence-corrected chi connectivity index (χ2v) is 7.49. The second kappa shape index (κ2) is 9.38. The lowest BCUT2D eigenvalue weighted by Gasteiger charge is -2.25. The number of carbonyl (C=O) groups is 3. The van der Waals surface area contributed by atoms with E-state index in [1.807, 2.05) is 20.8 Å². The summed E-state index contributed by atoms with van der Waals surface area (Å²) >= 11 is 0. The summed E-state index contributed by atoms with van der Waals surface area (Å²) in [5.41, 5.74) is -0.123. The lowest BCUT2D eigenvalue weighted by Crippen LogP contribution is -2.46. The zero-order chi connectivity index (χ0) is 21.6. The summed E-state index contributed by atoms with van der Waals surface area (Å²) in [5.74, 6) is -1.74. The van der Waals surface area contributed by atoms with Crippen molar-refractivity contribution < 1.29 is 24.3 Å². The summed E-state index contributed by atoms with van der Waals surface area (Å²) < 4.78 is 5.03. The predicted molar refractivity (Wildman–Crippen MR) is 104 cm³/mol. The molecule has 2 N–H and O–H groups in total. The fourth-order valence-electron chi connectivity index (χ4n) is 2.27. The van der Waals surface area contributed by atoms with Gasteiger partial charge in [0.25, 0.3) is 5.91 Å². The van der Waals surface area contributed by atoms with Gasteiger partial charge in [0.2, 0.25) is 5.91 Å². The first-order valence-electron chi connectivity index (χ1n) is 8.51. The summed E-state index contributed by atoms with van der Waals surface area (Å²) in [6.45, 7) is 4.71. The summed E-state index contributed by atoms with van der Waals surface area (Å²) in [6.07, 6.45) is 0. The fraction of sp³-hybridized carbons (Fsp3) is 0.500. The Balaban J connectivity index is 2.77. The number of amides is 2. The predicted octanol–water partition coefficient (Wildman–Crippen LogP) is 0.976. The molecule has 0 saturated carbocycles. The Hall–Kier alpha value is -2.85. The van der Waals surface area contributed by atoms with Gasteiger partial charge in [0.05, 0.1) is 23.5 Å². The third-order valence-electron chi connectivity index (χ3n) is 3.55. The number of likely N-dealkylation sites (N-methyl/N-ethyl adjacent to an activating group) is 1. The minimum atomic E-state index is -0.840. The summed E-state index contributed by atoms with van der Waals surface area (Å²) in [5, 5.41) is 22.5. The number of ether oxygens (including phenoxy) is 1. The second-order valence-electron chi connectivity index (χ2n) is 7.49. The van der Waals surface area contributed by atoms with E-state index in [4.69, 9.17) is 9.94 Å². The molecule has 2 amide bonds. The Morgan fingerprint density at radius 3 is 2.29 bits per heavy atom. The van der Waals surface area contributed by atoms with Crippen molar-refractivity contribution in [1.29, 1.82) is 0 Å². The van der Waals surface area contributed by atoms with E-state index < -0.39 is 24.0 Å². The Labute approximate surface area is 164 Å². The number of esters is 1. The highest BCUT2D eigenvalue weighted by molar-refractivity contribution is 5.98. The monoisotopic (exact) mass is 395 g/mol. The number of anilines is 2. The van der Waals surface area contributed by atoms with Gasteiger partial charge in [-0.05, 0) is 39.0 Å². The van der Waals surface area contributed by atoms with Crippen LogP contribution in [0.5, 0.6) is 0 Å². The summed E-state index contributed by atoms with van der Waals surface area (Å²) in [7, 11) is 4.80. The van der Waals surface area contributed by atoms with Gasteiger partial charge in [-0.1, -0.05) is 0 Å². The average molecular weight is 395 g/mol. The Morgan fingerprint density at radius 2 is 1.79 bits per heavy atom. The van der Waals surface area contributed by atoms with Crippen LogP contribution in [0.3, 0.4) is 0 Å². The molecule has 1 aromatic rings. The normalized spacial score (nSPS) is 10.9. The first-order chi connectivity index (χ1) is 12.8. The van der Waals surface area contributed by atoms with Crippen molar-refractivity contribution in [2.24, 2.45) is 0 Å². The lowest BCUT2D eigenvalue weighted by molar-refractivity contribution is -0.137. The molecule has 156 valence electrons. The molecule has 0 aromatic heterocycles. The van der Waals surface area contributed by atoms with Crippen molar-refractivity contribution in [3.63, 3.8) is 0 Å². The van der Waals surface area contributed by atoms with Crippen LogP contribution in [-0.2, 0) is 14.3 Å². The Morgan fingerprint density at radius 1 is 1.18 bits per heavy atom. The fourth-order valence-corrected chi connectivity index (χ4v) is 2.27. The first kappa shape index (κ1) is 23.2. The molecule has 0 spiro atoms. The van der Waals surface area contributed by atoms with Crippen LogP contribution in [0.2, 0.25) is 0 Å². The molecule has 0 atom stereocenters. The maximum Gasteiger partial charge on any atom is 0.340 e. The number of nitrogens with zero attached hydrogens (tertiary/aromatic N) is 3. The van der Waals surface area contributed by atoms with Crippen molar-refractivity contribution in [3.8, 4) is 0 Å². The lowest BCUT2D eigenvalue weighted by atomic mass is 10.1. The maximum absolute atomic E-state index is 12.4. The molecule has 0 saturated heterocycles. The molecule has 0 aliphatic rings. The molecule has 1 rings (SSSR count). The topological polar surface area (TPSA) is 125 Å². The Kier molecular flexibility index (Phi) is 7.77. The van der Waals surface area contributed by atoms with Crippen LogP contribution in [0.15, 0.2) is 18.2 Å². The van der Waals surface area contributed by atoms with Crippen LogP contribution in [0.1, 0.15) is 31.1 Å². The molecule has 0 fully saturated rings. The van der Waals surface area contributed by atoms with Crippen LogP contribution in [0.4, 0.5) is 11.4 Å². The van der Waals surface area contributed by atoms with Crippen molar-refractivity contribution in [2.45, 2.75) is 26.3 Å². The van der Waals surface area contributed by atoms with E-state index in [1.54, 1.807) is 19.0 Å². The van der Waals surface area contributed by atoms with E-state index in [0.29, 0.717) is 5.69 Å². The van der Waals surface area contributed by atoms with Crippen molar-refractivity contribution in [2.75, 3.05) is 44.4 Å². The van der Waals surface area contributed by atoms with Gasteiger partial charge in [-0.2, -0.15) is 0 Å². The zero-order valence-corrected chi connectivity index (χ0v) is 17.0. The minimum absolute atomic E-state index is 0.0123. The number of hydrogen-bond acceptors (Lipinski definition) is 8. The molecule has 1 aromatic carbocycles. The highest BCUT2D eigenvalue weighted by Gasteiger charge is 2.21. The van der Waals surface area contributed by atoms with E-state index in [9.17, 15) is 19.6 Å². The van der Waals surface area contributed by atoms with E-state index in [1.165, 1.54) is 19.2 Å². The number of carbonyl (C=O) groups excluding carboxylic acids is 3. The van der Waals surface area contributed by atoms with Gasteiger partial charge in [-0.25, -0.2) is 4.79 Å². The quantitative estimate of drug-likeness (QED) is 0.517. The molecule has 10 nitrogen and oxygen atoms in total. The first-order valence-corrected chi connectivity index (χ1v) is 8.51. The van der Waals surface area contributed by atoms with E-state index in [-0.39, 0.29) is 28.9 Å². The number of benzene rings is 1. The molecular weight excluding hydrogens is 368 g/mol. The third kappa shape index (κ3) is 7.05. The number of nitrogens with one attached hydrogen (secondary N) is 1. The molecule has 0 aliphatic heterocycles. The Bertz CT molecular complexity index is 727. The SMILES string of the molecule is CN(CC(=O)NC(C)(C)C)C(=O)COC(=O)c1cc(N([O-])O)ccc1N(C)C. The van der Waals surface area contributed by atoms with E-state index in [0.717, 1.165) is 11.0 Å². The molecule has 0 heterocycles. The largest absolute Gasteiger partial charge is 0.733 e. The molecule has 0 radical (unpaired) electrons. The van der Waals surface area contributed by atoms with Gasteiger partial charge in [-0.15, -0.1) is 0 Å². The average Bonchev–Trinajstić information content (AvgIpc) is 2.56. The zero-order valence-electron chi connectivity index (χ0n) is 17.0. The standard InChI is InChI=1S/C18H27N4O6/c1-18(2,3)19-15(23)10-21(6)16(24)11-28-17(25)13-9-12(22(26)27)7-8-14(13)20(4)5/h7-9,26H,10-11H2,1-6H3,(H,19,23)/q-1. The minimum Gasteiger partial charge on any atom is -0.733 e. The van der Waals surface area contributed by atoms with Gasteiger partial charge in [0.1, 0.15) is 0 Å². The van der Waals surface area contributed by atoms with Gasteiger partial charge < -0.3 is 30.3 Å². The molecule has 28 heavy (non-hydrogen) atoms. The number of rotatable bonds is 7. The summed E-state index contributed by atoms with van der Waals surface area (Å²) in [6, 6.07) is 3.97. The van der Waals surface area contributed by atoms with Crippen LogP contribution in [0, 0.1) is 5.21 Å². The van der Waals surface area contributed by atoms with Gasteiger partial charge in [-0.3, -0.25) is 14.8 Å². The van der Waals surface area contributed by atoms with Crippen molar-refractivity contribution in [1.82, 2.24) is 10.2 Å². The van der Waals surface area contributed by atoms with Crippen LogP contribution in [-0.4, -0.2) is 67.7 Å². The van der Waals surface area contributed by atoms with E-state index in [2.05, 4.69) is 5.32 Å². The number of hydrogen-bond donors (Lipinski definition) is 2. The van der Waals surface area contributed by atoms with Gasteiger partial charge in [0.15, 0.2) is 6.61 Å². The van der Waals surface area contributed by atoms with Crippen molar-refractivity contribution >= 4 is 29.2 Å². The van der Waals surface area contributed by atoms with Gasteiger partial charge in [0, 0.05) is 26.7 Å². The van der Waals surface area contributed by atoms with Crippen molar-refractivity contribution in [3.05, 3.63) is 29.0 Å². The molecule has 10 heteroatoms. The molecule has 0 unspecified atom stereocenters. The van der Waals surface area contributed by atoms with Crippen LogP contribution < -0.4 is 15.4 Å². The van der Waals surface area contributed by atoms with Gasteiger partial charge >= 0.3 is 5.97 Å². The summed E-state index contributed by atoms with van der Waals surface area (Å²) in [4.78, 5) is 39.2. The highest BCUT2D eigenvalue weighted by atomic mass is 16.8.